The van der Waals surface area contributed by atoms with Crippen LogP contribution in [0.3, 0.4) is 0 Å². The fourth-order valence-corrected chi connectivity index (χ4v) is 3.72. The van der Waals surface area contributed by atoms with Crippen molar-refractivity contribution in [1.82, 2.24) is 9.88 Å². The van der Waals surface area contributed by atoms with Gasteiger partial charge in [0.2, 0.25) is 17.6 Å². The number of nitrogens with zero attached hydrogens (tertiary/aromatic N) is 2. The summed E-state index contributed by atoms with van der Waals surface area (Å²) in [7, 11) is 4.59. The Balaban J connectivity index is 1.45. The van der Waals surface area contributed by atoms with Crippen molar-refractivity contribution in [3.05, 3.63) is 36.5 Å². The first-order valence-corrected chi connectivity index (χ1v) is 10.6. The molecule has 9 heteroatoms. The number of benzene rings is 1. The zero-order chi connectivity index (χ0) is 22.9. The van der Waals surface area contributed by atoms with E-state index in [1.165, 1.54) is 21.3 Å². The third kappa shape index (κ3) is 6.10. The van der Waals surface area contributed by atoms with Crippen LogP contribution in [0.1, 0.15) is 19.3 Å². The van der Waals surface area contributed by atoms with Gasteiger partial charge in [0.05, 0.1) is 21.3 Å². The Labute approximate surface area is 188 Å². The molecule has 0 spiro atoms. The van der Waals surface area contributed by atoms with Crippen molar-refractivity contribution in [3.8, 4) is 17.2 Å². The van der Waals surface area contributed by atoms with Crippen molar-refractivity contribution < 1.29 is 23.8 Å². The van der Waals surface area contributed by atoms with Gasteiger partial charge in [-0.05, 0) is 38.1 Å². The minimum absolute atomic E-state index is 0.00323. The summed E-state index contributed by atoms with van der Waals surface area (Å²) in [5.74, 6) is 1.87. The number of anilines is 2. The molecule has 0 bridgehead atoms. The second-order valence-corrected chi connectivity index (χ2v) is 7.53. The second-order valence-electron chi connectivity index (χ2n) is 7.53. The van der Waals surface area contributed by atoms with Crippen molar-refractivity contribution in [2.75, 3.05) is 51.6 Å². The second kappa shape index (κ2) is 11.3. The van der Waals surface area contributed by atoms with Gasteiger partial charge in [-0.3, -0.25) is 9.59 Å². The molecule has 3 rings (SSSR count). The first-order valence-electron chi connectivity index (χ1n) is 10.6. The fourth-order valence-electron chi connectivity index (χ4n) is 3.72. The summed E-state index contributed by atoms with van der Waals surface area (Å²) < 4.78 is 15.9. The largest absolute Gasteiger partial charge is 0.493 e. The minimum Gasteiger partial charge on any atom is -0.493 e. The molecule has 9 nitrogen and oxygen atoms in total. The van der Waals surface area contributed by atoms with Crippen LogP contribution in [0.4, 0.5) is 11.5 Å². The molecule has 1 aliphatic heterocycles. The zero-order valence-corrected chi connectivity index (χ0v) is 18.7. The summed E-state index contributed by atoms with van der Waals surface area (Å²) in [5, 5.41) is 5.75. The average Bonchev–Trinajstić information content (AvgIpc) is 2.83. The molecular weight excluding hydrogens is 412 g/mol. The highest BCUT2D eigenvalue weighted by molar-refractivity contribution is 5.92. The lowest BCUT2D eigenvalue weighted by Gasteiger charge is -2.31. The third-order valence-electron chi connectivity index (χ3n) is 5.48. The van der Waals surface area contributed by atoms with Gasteiger partial charge in [-0.2, -0.15) is 0 Å². The molecular formula is C23H30N4O5. The van der Waals surface area contributed by atoms with Crippen LogP contribution in [-0.2, 0) is 9.59 Å². The van der Waals surface area contributed by atoms with Crippen LogP contribution in [-0.4, -0.2) is 62.7 Å². The van der Waals surface area contributed by atoms with E-state index in [4.69, 9.17) is 14.2 Å². The number of hydrogen-bond acceptors (Lipinski definition) is 7. The van der Waals surface area contributed by atoms with Crippen LogP contribution < -0.4 is 24.8 Å². The highest BCUT2D eigenvalue weighted by Crippen LogP contribution is 2.39. The number of rotatable bonds is 9. The molecule has 32 heavy (non-hydrogen) atoms. The van der Waals surface area contributed by atoms with Crippen LogP contribution in [0, 0.1) is 5.92 Å². The summed E-state index contributed by atoms with van der Waals surface area (Å²) in [6.45, 7) is 2.18. The Hall–Kier alpha value is -3.33. The molecule has 1 aromatic carbocycles. The van der Waals surface area contributed by atoms with Crippen molar-refractivity contribution in [1.29, 1.82) is 0 Å². The number of hydrogen-bond donors (Lipinski definition) is 2. The van der Waals surface area contributed by atoms with E-state index in [2.05, 4.69) is 20.5 Å². The molecule has 1 aromatic heterocycles. The number of methoxy groups -OCH3 is 3. The van der Waals surface area contributed by atoms with Crippen LogP contribution in [0.15, 0.2) is 36.5 Å². The van der Waals surface area contributed by atoms with E-state index in [1.807, 2.05) is 12.1 Å². The minimum atomic E-state index is -0.103. The zero-order valence-electron chi connectivity index (χ0n) is 18.7. The maximum absolute atomic E-state index is 12.5. The highest BCUT2D eigenvalue weighted by atomic mass is 16.5. The molecule has 1 saturated heterocycles. The maximum Gasteiger partial charge on any atom is 0.228 e. The highest BCUT2D eigenvalue weighted by Gasteiger charge is 2.25. The number of carbonyl (C=O) groups excluding carboxylic acids is 2. The van der Waals surface area contributed by atoms with Crippen molar-refractivity contribution >= 4 is 23.3 Å². The van der Waals surface area contributed by atoms with E-state index in [-0.39, 0.29) is 17.7 Å². The number of piperidine rings is 1. The van der Waals surface area contributed by atoms with E-state index >= 15 is 0 Å². The van der Waals surface area contributed by atoms with Crippen molar-refractivity contribution in [2.45, 2.75) is 19.3 Å². The molecule has 2 N–H and O–H groups in total. The molecule has 0 atom stereocenters. The van der Waals surface area contributed by atoms with Gasteiger partial charge < -0.3 is 29.7 Å². The van der Waals surface area contributed by atoms with Gasteiger partial charge in [-0.1, -0.05) is 6.07 Å². The SMILES string of the molecule is COc1cc(NC(=O)CCN2CCC(C(=O)Nc3ccccn3)CC2)cc(OC)c1OC. The lowest BCUT2D eigenvalue weighted by molar-refractivity contribution is -0.121. The van der Waals surface area contributed by atoms with Gasteiger partial charge in [0.25, 0.3) is 0 Å². The summed E-state index contributed by atoms with van der Waals surface area (Å²) in [5.41, 5.74) is 0.578. The molecule has 1 fully saturated rings. The quantitative estimate of drug-likeness (QED) is 0.616. The fraction of sp³-hybridized carbons (Fsp3) is 0.435. The molecule has 1 aliphatic rings. The maximum atomic E-state index is 12.5. The average molecular weight is 443 g/mol. The van der Waals surface area contributed by atoms with Gasteiger partial charge in [0.15, 0.2) is 11.5 Å². The van der Waals surface area contributed by atoms with Crippen LogP contribution >= 0.6 is 0 Å². The lowest BCUT2D eigenvalue weighted by atomic mass is 9.96. The number of pyridine rings is 1. The van der Waals surface area contributed by atoms with Gasteiger partial charge in [-0.25, -0.2) is 4.98 Å². The summed E-state index contributed by atoms with van der Waals surface area (Å²) in [6, 6.07) is 8.83. The summed E-state index contributed by atoms with van der Waals surface area (Å²) in [6.07, 6.45) is 3.52. The lowest BCUT2D eigenvalue weighted by Crippen LogP contribution is -2.39. The monoisotopic (exact) mass is 442 g/mol. The van der Waals surface area contributed by atoms with E-state index in [0.29, 0.717) is 41.7 Å². The topological polar surface area (TPSA) is 102 Å². The number of ether oxygens (including phenoxy) is 3. The van der Waals surface area contributed by atoms with Gasteiger partial charge >= 0.3 is 0 Å². The predicted octanol–water partition coefficient (Wildman–Crippen LogP) is 2.79. The smallest absolute Gasteiger partial charge is 0.228 e. The Morgan fingerprint density at radius 2 is 1.72 bits per heavy atom. The van der Waals surface area contributed by atoms with E-state index in [9.17, 15) is 9.59 Å². The first kappa shape index (κ1) is 23.3. The molecule has 0 radical (unpaired) electrons. The Morgan fingerprint density at radius 1 is 1.03 bits per heavy atom. The molecule has 2 aromatic rings. The molecule has 2 amide bonds. The molecule has 0 unspecified atom stereocenters. The number of likely N-dealkylation sites (tertiary alicyclic amines) is 1. The molecule has 2 heterocycles. The van der Waals surface area contributed by atoms with Crippen LogP contribution in [0.2, 0.25) is 0 Å². The van der Waals surface area contributed by atoms with E-state index in [1.54, 1.807) is 24.4 Å². The summed E-state index contributed by atoms with van der Waals surface area (Å²) in [4.78, 5) is 31.2. The normalized spacial score (nSPS) is 14.5. The standard InChI is InChI=1S/C23H30N4O5/c1-30-18-14-17(15-19(31-2)22(18)32-3)25-21(28)9-13-27-11-7-16(8-12-27)23(29)26-20-6-4-5-10-24-20/h4-6,10,14-16H,7-9,11-13H2,1-3H3,(H,25,28)(H,24,26,29). The van der Waals surface area contributed by atoms with Gasteiger partial charge in [-0.15, -0.1) is 0 Å². The number of carbonyl (C=O) groups is 2. The van der Waals surface area contributed by atoms with Crippen molar-refractivity contribution in [3.63, 3.8) is 0 Å². The van der Waals surface area contributed by atoms with Gasteiger partial charge in [0.1, 0.15) is 5.82 Å². The Kier molecular flexibility index (Phi) is 8.27. The molecule has 0 saturated carbocycles. The molecule has 172 valence electrons. The first-order chi connectivity index (χ1) is 15.5. The number of amides is 2. The Bertz CT molecular complexity index is 889. The summed E-state index contributed by atoms with van der Waals surface area (Å²) >= 11 is 0. The van der Waals surface area contributed by atoms with E-state index < -0.39 is 0 Å². The van der Waals surface area contributed by atoms with Crippen LogP contribution in [0.5, 0.6) is 17.2 Å². The number of aromatic nitrogens is 1. The van der Waals surface area contributed by atoms with E-state index in [0.717, 1.165) is 25.9 Å². The van der Waals surface area contributed by atoms with Gasteiger partial charge in [0, 0.05) is 42.9 Å². The number of nitrogens with one attached hydrogen (secondary N) is 2. The predicted molar refractivity (Wildman–Crippen MR) is 121 cm³/mol. The molecule has 0 aliphatic carbocycles. The van der Waals surface area contributed by atoms with Crippen LogP contribution in [0.25, 0.3) is 0 Å². The Morgan fingerprint density at radius 3 is 2.28 bits per heavy atom. The third-order valence-corrected chi connectivity index (χ3v) is 5.48. The van der Waals surface area contributed by atoms with Crippen molar-refractivity contribution in [2.24, 2.45) is 5.92 Å².